The van der Waals surface area contributed by atoms with Crippen LogP contribution in [-0.2, 0) is 14.8 Å². The number of carbonyl (C=O) groups is 1. The van der Waals surface area contributed by atoms with Crippen molar-refractivity contribution in [1.82, 2.24) is 4.72 Å². The predicted molar refractivity (Wildman–Crippen MR) is 58.6 cm³/mol. The SMILES string of the molecule is CNS(=O)(=O)c1ccc(C(=O)OCC#N)cc1. The van der Waals surface area contributed by atoms with E-state index in [2.05, 4.69) is 9.46 Å². The maximum Gasteiger partial charge on any atom is 0.339 e. The Labute approximate surface area is 98.9 Å². The molecule has 0 spiro atoms. The molecule has 0 bridgehead atoms. The van der Waals surface area contributed by atoms with Crippen molar-refractivity contribution in [2.75, 3.05) is 13.7 Å². The molecule has 6 nitrogen and oxygen atoms in total. The number of nitriles is 1. The van der Waals surface area contributed by atoms with Crippen LogP contribution in [0.2, 0.25) is 0 Å². The van der Waals surface area contributed by atoms with Crippen molar-refractivity contribution in [2.24, 2.45) is 0 Å². The Bertz CT molecular complexity index is 543. The highest BCUT2D eigenvalue weighted by Gasteiger charge is 2.12. The second kappa shape index (κ2) is 5.43. The molecule has 1 aromatic rings. The van der Waals surface area contributed by atoms with Gasteiger partial charge in [0.15, 0.2) is 6.61 Å². The van der Waals surface area contributed by atoms with Crippen LogP contribution in [0.3, 0.4) is 0 Å². The molecule has 0 aliphatic rings. The van der Waals surface area contributed by atoms with Gasteiger partial charge < -0.3 is 4.74 Å². The Morgan fingerprint density at radius 1 is 1.41 bits per heavy atom. The smallest absolute Gasteiger partial charge is 0.339 e. The highest BCUT2D eigenvalue weighted by molar-refractivity contribution is 7.89. The third kappa shape index (κ3) is 3.27. The summed E-state index contributed by atoms with van der Waals surface area (Å²) in [6.45, 7) is -0.338. The summed E-state index contributed by atoms with van der Waals surface area (Å²) in [7, 11) is -2.22. The molecular formula is C10H10N2O4S. The Morgan fingerprint density at radius 3 is 2.47 bits per heavy atom. The van der Waals surface area contributed by atoms with Gasteiger partial charge in [0.25, 0.3) is 0 Å². The first-order valence-corrected chi connectivity index (χ1v) is 6.07. The first kappa shape index (κ1) is 13.2. The van der Waals surface area contributed by atoms with Gasteiger partial charge in [-0.1, -0.05) is 0 Å². The first-order valence-electron chi connectivity index (χ1n) is 4.59. The number of ether oxygens (including phenoxy) is 1. The minimum atomic E-state index is -3.51. The highest BCUT2D eigenvalue weighted by Crippen LogP contribution is 2.10. The number of hydrogen-bond donors (Lipinski definition) is 1. The van der Waals surface area contributed by atoms with Crippen LogP contribution in [0.1, 0.15) is 10.4 Å². The van der Waals surface area contributed by atoms with Crippen molar-refractivity contribution in [3.63, 3.8) is 0 Å². The molecule has 0 aliphatic carbocycles. The molecule has 0 fully saturated rings. The number of nitrogens with one attached hydrogen (secondary N) is 1. The van der Waals surface area contributed by atoms with Crippen LogP contribution in [0.4, 0.5) is 0 Å². The van der Waals surface area contributed by atoms with Gasteiger partial charge in [-0.25, -0.2) is 17.9 Å². The van der Waals surface area contributed by atoms with E-state index < -0.39 is 16.0 Å². The predicted octanol–water partition coefficient (Wildman–Crippen LogP) is 0.275. The molecule has 0 aromatic heterocycles. The van der Waals surface area contributed by atoms with E-state index in [1.54, 1.807) is 6.07 Å². The maximum absolute atomic E-state index is 11.4. The lowest BCUT2D eigenvalue weighted by Gasteiger charge is -2.03. The molecule has 1 aromatic carbocycles. The number of benzene rings is 1. The lowest BCUT2D eigenvalue weighted by Crippen LogP contribution is -2.18. The number of carbonyl (C=O) groups excluding carboxylic acids is 1. The third-order valence-electron chi connectivity index (χ3n) is 1.94. The van der Waals surface area contributed by atoms with E-state index in [-0.39, 0.29) is 17.1 Å². The molecule has 0 saturated heterocycles. The van der Waals surface area contributed by atoms with Crippen LogP contribution >= 0.6 is 0 Å². The van der Waals surface area contributed by atoms with Crippen molar-refractivity contribution in [3.05, 3.63) is 29.8 Å². The summed E-state index contributed by atoms with van der Waals surface area (Å²) < 4.78 is 29.5. The molecule has 0 saturated carbocycles. The molecule has 0 radical (unpaired) electrons. The number of rotatable bonds is 4. The Balaban J connectivity index is 2.90. The fraction of sp³-hybridized carbons (Fsp3) is 0.200. The summed E-state index contributed by atoms with van der Waals surface area (Å²) in [5, 5.41) is 8.23. The standard InChI is InChI=1S/C10H10N2O4S/c1-12-17(14,15)9-4-2-8(3-5-9)10(13)16-7-6-11/h2-5,12H,7H2,1H3. The lowest BCUT2D eigenvalue weighted by atomic mass is 10.2. The quantitative estimate of drug-likeness (QED) is 0.778. The topological polar surface area (TPSA) is 96.3 Å². The van der Waals surface area contributed by atoms with Crippen molar-refractivity contribution in [3.8, 4) is 6.07 Å². The Hall–Kier alpha value is -1.91. The zero-order valence-corrected chi connectivity index (χ0v) is 9.82. The lowest BCUT2D eigenvalue weighted by molar-refractivity contribution is 0.0555. The average molecular weight is 254 g/mol. The van der Waals surface area contributed by atoms with Gasteiger partial charge in [-0.3, -0.25) is 0 Å². The zero-order valence-electron chi connectivity index (χ0n) is 9.00. The number of esters is 1. The van der Waals surface area contributed by atoms with Gasteiger partial charge in [0.1, 0.15) is 6.07 Å². The Kier molecular flexibility index (Phi) is 4.20. The number of hydrogen-bond acceptors (Lipinski definition) is 5. The minimum Gasteiger partial charge on any atom is -0.447 e. The fourth-order valence-electron chi connectivity index (χ4n) is 1.07. The molecule has 0 aliphatic heterocycles. The van der Waals surface area contributed by atoms with Crippen molar-refractivity contribution < 1.29 is 17.9 Å². The van der Waals surface area contributed by atoms with Crippen molar-refractivity contribution in [1.29, 1.82) is 5.26 Å². The van der Waals surface area contributed by atoms with Gasteiger partial charge in [0.2, 0.25) is 10.0 Å². The van der Waals surface area contributed by atoms with Gasteiger partial charge in [-0.15, -0.1) is 0 Å². The first-order chi connectivity index (χ1) is 8.01. The van der Waals surface area contributed by atoms with Gasteiger partial charge >= 0.3 is 5.97 Å². The van der Waals surface area contributed by atoms with Crippen LogP contribution < -0.4 is 4.72 Å². The minimum absolute atomic E-state index is 0.0526. The number of sulfonamides is 1. The molecule has 0 amide bonds. The van der Waals surface area contributed by atoms with Crippen molar-refractivity contribution in [2.45, 2.75) is 4.90 Å². The van der Waals surface area contributed by atoms with E-state index in [0.29, 0.717) is 0 Å². The van der Waals surface area contributed by atoms with Gasteiger partial charge in [-0.05, 0) is 31.3 Å². The van der Waals surface area contributed by atoms with Crippen molar-refractivity contribution >= 4 is 16.0 Å². The molecule has 0 heterocycles. The van der Waals surface area contributed by atoms with Crippen LogP contribution in [-0.4, -0.2) is 28.0 Å². The summed E-state index contributed by atoms with van der Waals surface area (Å²) in [5.41, 5.74) is 0.190. The summed E-state index contributed by atoms with van der Waals surface area (Å²) in [5.74, 6) is -0.667. The van der Waals surface area contributed by atoms with E-state index in [1.807, 2.05) is 0 Å². The molecule has 0 unspecified atom stereocenters. The van der Waals surface area contributed by atoms with Crippen LogP contribution in [0, 0.1) is 11.3 Å². The van der Waals surface area contributed by atoms with Gasteiger partial charge in [0, 0.05) is 0 Å². The summed E-state index contributed by atoms with van der Waals surface area (Å²) in [4.78, 5) is 11.3. The largest absolute Gasteiger partial charge is 0.447 e. The molecule has 17 heavy (non-hydrogen) atoms. The van der Waals surface area contributed by atoms with Crippen LogP contribution in [0.5, 0.6) is 0 Å². The summed E-state index contributed by atoms with van der Waals surface area (Å²) >= 11 is 0. The van der Waals surface area contributed by atoms with Gasteiger partial charge in [-0.2, -0.15) is 5.26 Å². The van der Waals surface area contributed by atoms with Crippen LogP contribution in [0.15, 0.2) is 29.2 Å². The second-order valence-electron chi connectivity index (χ2n) is 2.97. The van der Waals surface area contributed by atoms with E-state index in [1.165, 1.54) is 31.3 Å². The summed E-state index contributed by atoms with van der Waals surface area (Å²) in [6.07, 6.45) is 0. The molecule has 1 N–H and O–H groups in total. The van der Waals surface area contributed by atoms with E-state index in [4.69, 9.17) is 5.26 Å². The van der Waals surface area contributed by atoms with E-state index >= 15 is 0 Å². The highest BCUT2D eigenvalue weighted by atomic mass is 32.2. The molecule has 7 heteroatoms. The molecule has 0 atom stereocenters. The monoisotopic (exact) mass is 254 g/mol. The average Bonchev–Trinajstić information content (AvgIpc) is 2.36. The molecule has 90 valence electrons. The van der Waals surface area contributed by atoms with E-state index in [9.17, 15) is 13.2 Å². The maximum atomic E-state index is 11.4. The molecule has 1 rings (SSSR count). The van der Waals surface area contributed by atoms with Crippen LogP contribution in [0.25, 0.3) is 0 Å². The Morgan fingerprint density at radius 2 is 2.00 bits per heavy atom. The van der Waals surface area contributed by atoms with Gasteiger partial charge in [0.05, 0.1) is 10.5 Å². The zero-order chi connectivity index (χ0) is 12.9. The van der Waals surface area contributed by atoms with E-state index in [0.717, 1.165) is 0 Å². The number of nitrogens with zero attached hydrogens (tertiary/aromatic N) is 1. The summed E-state index contributed by atoms with van der Waals surface area (Å²) in [6, 6.07) is 6.88. The fourth-order valence-corrected chi connectivity index (χ4v) is 1.80. The second-order valence-corrected chi connectivity index (χ2v) is 4.85. The third-order valence-corrected chi connectivity index (χ3v) is 3.37. The normalized spacial score (nSPS) is 10.6. The molecular weight excluding hydrogens is 244 g/mol.